The van der Waals surface area contributed by atoms with Gasteiger partial charge in [0.15, 0.2) is 0 Å². The summed E-state index contributed by atoms with van der Waals surface area (Å²) >= 11 is 0. The Morgan fingerprint density at radius 2 is 1.85 bits per heavy atom. The first kappa shape index (κ1) is 18.7. The molecule has 1 amide bonds. The minimum atomic E-state index is -0.198. The third-order valence-corrected chi connectivity index (χ3v) is 4.52. The Kier molecular flexibility index (Phi) is 5.60. The molecular weight excluding hydrogens is 338 g/mol. The summed E-state index contributed by atoms with van der Waals surface area (Å²) in [6.07, 6.45) is 2.42. The number of furan rings is 1. The quantitative estimate of drug-likeness (QED) is 0.501. The summed E-state index contributed by atoms with van der Waals surface area (Å²) < 4.78 is 5.83. The molecule has 0 radical (unpaired) electrons. The molecule has 0 aliphatic rings. The van der Waals surface area contributed by atoms with E-state index < -0.39 is 0 Å². The number of carbonyl (C=O) groups excluding carboxylic acids is 1. The highest BCUT2D eigenvalue weighted by atomic mass is 16.3. The van der Waals surface area contributed by atoms with E-state index in [-0.39, 0.29) is 12.5 Å². The molecule has 0 unspecified atom stereocenters. The molecule has 2 aromatic carbocycles. The average Bonchev–Trinajstić information content (AvgIpc) is 2.99. The second-order valence-corrected chi connectivity index (χ2v) is 6.71. The molecule has 0 saturated carbocycles. The number of hydrogen-bond donors (Lipinski definition) is 2. The molecule has 0 aliphatic carbocycles. The maximum absolute atomic E-state index is 12.1. The molecule has 140 valence electrons. The van der Waals surface area contributed by atoms with Crippen molar-refractivity contribution in [3.8, 4) is 0 Å². The van der Waals surface area contributed by atoms with Gasteiger partial charge in [0.2, 0.25) is 0 Å². The molecule has 0 fully saturated rings. The standard InChI is InChI=1S/C22H25N3O2/c1-5-19-18(17-8-6-7-9-20(17)27-19)12-24-25-21(26)13-23-22-15(3)10-14(2)11-16(22)4/h6-12,23H,5,13H2,1-4H3,(H,25,26)/b24-12-. The minimum absolute atomic E-state index is 0.162. The number of hydrazone groups is 1. The summed E-state index contributed by atoms with van der Waals surface area (Å²) in [4.78, 5) is 12.1. The van der Waals surface area contributed by atoms with E-state index in [0.29, 0.717) is 0 Å². The third-order valence-electron chi connectivity index (χ3n) is 4.52. The first-order chi connectivity index (χ1) is 13.0. The normalized spacial score (nSPS) is 11.3. The Balaban J connectivity index is 1.65. The van der Waals surface area contributed by atoms with Crippen LogP contribution in [0.4, 0.5) is 5.69 Å². The fraction of sp³-hybridized carbons (Fsp3) is 0.273. The summed E-state index contributed by atoms with van der Waals surface area (Å²) in [5, 5.41) is 8.32. The molecule has 0 bridgehead atoms. The van der Waals surface area contributed by atoms with Crippen LogP contribution < -0.4 is 10.7 Å². The zero-order valence-electron chi connectivity index (χ0n) is 16.2. The topological polar surface area (TPSA) is 66.6 Å². The fourth-order valence-electron chi connectivity index (χ4n) is 3.36. The van der Waals surface area contributed by atoms with Crippen LogP contribution in [0.1, 0.15) is 34.9 Å². The SMILES string of the molecule is CCc1oc2ccccc2c1/C=N\NC(=O)CNc1c(C)cc(C)cc1C. The highest BCUT2D eigenvalue weighted by Gasteiger charge is 2.11. The van der Waals surface area contributed by atoms with Gasteiger partial charge < -0.3 is 9.73 Å². The largest absolute Gasteiger partial charge is 0.460 e. The zero-order valence-corrected chi connectivity index (χ0v) is 16.2. The number of fused-ring (bicyclic) bond motifs is 1. The molecule has 3 rings (SSSR count). The Morgan fingerprint density at radius 3 is 2.56 bits per heavy atom. The first-order valence-electron chi connectivity index (χ1n) is 9.13. The summed E-state index contributed by atoms with van der Waals surface area (Å²) in [6.45, 7) is 8.33. The van der Waals surface area contributed by atoms with Gasteiger partial charge in [-0.25, -0.2) is 5.43 Å². The van der Waals surface area contributed by atoms with Gasteiger partial charge in [-0.3, -0.25) is 4.79 Å². The van der Waals surface area contributed by atoms with Gasteiger partial charge in [-0.2, -0.15) is 5.10 Å². The second-order valence-electron chi connectivity index (χ2n) is 6.71. The summed E-state index contributed by atoms with van der Waals surface area (Å²) in [5.41, 5.74) is 8.78. The number of benzene rings is 2. The van der Waals surface area contributed by atoms with Crippen molar-refractivity contribution < 1.29 is 9.21 Å². The number of para-hydroxylation sites is 1. The monoisotopic (exact) mass is 363 g/mol. The van der Waals surface area contributed by atoms with Gasteiger partial charge in [-0.15, -0.1) is 0 Å². The van der Waals surface area contributed by atoms with Crippen LogP contribution in [0.5, 0.6) is 0 Å². The molecule has 2 N–H and O–H groups in total. The Labute approximate surface area is 159 Å². The number of amides is 1. The first-order valence-corrected chi connectivity index (χ1v) is 9.13. The van der Waals surface area contributed by atoms with Gasteiger partial charge in [-0.1, -0.05) is 42.8 Å². The lowest BCUT2D eigenvalue weighted by atomic mass is 10.1. The number of aryl methyl sites for hydroxylation is 4. The van der Waals surface area contributed by atoms with Crippen LogP contribution in [-0.4, -0.2) is 18.7 Å². The van der Waals surface area contributed by atoms with Crippen molar-refractivity contribution in [3.05, 3.63) is 64.4 Å². The summed E-state index contributed by atoms with van der Waals surface area (Å²) in [5.74, 6) is 0.662. The van der Waals surface area contributed by atoms with E-state index in [0.717, 1.165) is 45.5 Å². The second kappa shape index (κ2) is 8.08. The molecule has 3 aromatic rings. The van der Waals surface area contributed by atoms with Crippen LogP contribution in [0.25, 0.3) is 11.0 Å². The molecule has 5 nitrogen and oxygen atoms in total. The van der Waals surface area contributed by atoms with Gasteiger partial charge in [0.1, 0.15) is 11.3 Å². The van der Waals surface area contributed by atoms with Gasteiger partial charge in [0.05, 0.1) is 12.8 Å². The van der Waals surface area contributed by atoms with Crippen LogP contribution in [0, 0.1) is 20.8 Å². The molecule has 0 spiro atoms. The van der Waals surface area contributed by atoms with Gasteiger partial charge in [0.25, 0.3) is 5.91 Å². The van der Waals surface area contributed by atoms with E-state index in [1.54, 1.807) is 6.21 Å². The van der Waals surface area contributed by atoms with Crippen molar-refractivity contribution in [1.82, 2.24) is 5.43 Å². The Morgan fingerprint density at radius 1 is 1.15 bits per heavy atom. The van der Waals surface area contributed by atoms with Gasteiger partial charge in [-0.05, 0) is 38.0 Å². The predicted molar refractivity (Wildman–Crippen MR) is 110 cm³/mol. The van der Waals surface area contributed by atoms with Gasteiger partial charge >= 0.3 is 0 Å². The van der Waals surface area contributed by atoms with Crippen LogP contribution >= 0.6 is 0 Å². The lowest BCUT2D eigenvalue weighted by Crippen LogP contribution is -2.26. The number of carbonyl (C=O) groups is 1. The molecule has 0 aliphatic heterocycles. The average molecular weight is 363 g/mol. The zero-order chi connectivity index (χ0) is 19.4. The van der Waals surface area contributed by atoms with Crippen molar-refractivity contribution in [2.45, 2.75) is 34.1 Å². The van der Waals surface area contributed by atoms with E-state index in [1.807, 2.05) is 45.0 Å². The number of rotatable bonds is 6. The van der Waals surface area contributed by atoms with Crippen molar-refractivity contribution in [2.75, 3.05) is 11.9 Å². The van der Waals surface area contributed by atoms with Crippen LogP contribution in [0.2, 0.25) is 0 Å². The van der Waals surface area contributed by atoms with Crippen LogP contribution in [-0.2, 0) is 11.2 Å². The Hall–Kier alpha value is -3.08. The molecular formula is C22H25N3O2. The number of anilines is 1. The molecule has 1 heterocycles. The van der Waals surface area contributed by atoms with E-state index >= 15 is 0 Å². The fourth-order valence-corrected chi connectivity index (χ4v) is 3.36. The summed E-state index contributed by atoms with van der Waals surface area (Å²) in [6, 6.07) is 12.0. The van der Waals surface area contributed by atoms with Crippen molar-refractivity contribution in [3.63, 3.8) is 0 Å². The van der Waals surface area contributed by atoms with E-state index in [9.17, 15) is 4.79 Å². The lowest BCUT2D eigenvalue weighted by Gasteiger charge is -2.13. The van der Waals surface area contributed by atoms with Crippen molar-refractivity contribution >= 4 is 28.8 Å². The lowest BCUT2D eigenvalue weighted by molar-refractivity contribution is -0.119. The van der Waals surface area contributed by atoms with Crippen molar-refractivity contribution in [1.29, 1.82) is 0 Å². The summed E-state index contributed by atoms with van der Waals surface area (Å²) in [7, 11) is 0. The molecule has 0 saturated heterocycles. The number of hydrogen-bond acceptors (Lipinski definition) is 4. The number of nitrogens with zero attached hydrogens (tertiary/aromatic N) is 1. The van der Waals surface area contributed by atoms with Gasteiger partial charge in [0, 0.05) is 23.1 Å². The molecule has 5 heteroatoms. The third kappa shape index (κ3) is 4.19. The maximum Gasteiger partial charge on any atom is 0.259 e. The predicted octanol–water partition coefficient (Wildman–Crippen LogP) is 4.48. The minimum Gasteiger partial charge on any atom is -0.460 e. The number of nitrogens with one attached hydrogen (secondary N) is 2. The van der Waals surface area contributed by atoms with E-state index in [2.05, 4.69) is 34.9 Å². The van der Waals surface area contributed by atoms with E-state index in [4.69, 9.17) is 4.42 Å². The Bertz CT molecular complexity index is 979. The smallest absolute Gasteiger partial charge is 0.259 e. The maximum atomic E-state index is 12.1. The molecule has 27 heavy (non-hydrogen) atoms. The van der Waals surface area contributed by atoms with Crippen LogP contribution in [0.3, 0.4) is 0 Å². The van der Waals surface area contributed by atoms with Crippen LogP contribution in [0.15, 0.2) is 45.9 Å². The molecule has 0 atom stereocenters. The highest BCUT2D eigenvalue weighted by molar-refractivity contribution is 5.99. The van der Waals surface area contributed by atoms with E-state index in [1.165, 1.54) is 5.56 Å². The van der Waals surface area contributed by atoms with Crippen molar-refractivity contribution in [2.24, 2.45) is 5.10 Å². The highest BCUT2D eigenvalue weighted by Crippen LogP contribution is 2.24. The molecule has 1 aromatic heterocycles.